The highest BCUT2D eigenvalue weighted by molar-refractivity contribution is 5.80. The summed E-state index contributed by atoms with van der Waals surface area (Å²) in [5.41, 5.74) is 0. The normalized spacial score (nSPS) is 19.0. The van der Waals surface area contributed by atoms with Gasteiger partial charge >= 0.3 is 0 Å². The van der Waals surface area contributed by atoms with E-state index in [9.17, 15) is 4.79 Å². The number of carbonyl (C=O) groups is 1. The second kappa shape index (κ2) is 7.36. The van der Waals surface area contributed by atoms with E-state index < -0.39 is 0 Å². The van der Waals surface area contributed by atoms with Gasteiger partial charge in [-0.1, -0.05) is 0 Å². The molecule has 0 bridgehead atoms. The zero-order valence-electron chi connectivity index (χ0n) is 13.0. The van der Waals surface area contributed by atoms with Gasteiger partial charge < -0.3 is 14.7 Å². The molecule has 19 heavy (non-hydrogen) atoms. The van der Waals surface area contributed by atoms with Crippen LogP contribution in [0.2, 0.25) is 0 Å². The maximum Gasteiger partial charge on any atom is 0.224 e. The third-order valence-electron chi connectivity index (χ3n) is 3.50. The van der Waals surface area contributed by atoms with Crippen molar-refractivity contribution in [2.45, 2.75) is 38.6 Å². The highest BCUT2D eigenvalue weighted by Gasteiger charge is 2.22. The quantitative estimate of drug-likeness (QED) is 0.571. The maximum absolute atomic E-state index is 12.2. The largest absolute Gasteiger partial charge is 0.349 e. The number of hydrogen-bond donors (Lipinski definition) is 0. The number of likely N-dealkylation sites (tertiary alicyclic amines) is 1. The van der Waals surface area contributed by atoms with Crippen LogP contribution in [0.1, 0.15) is 32.6 Å². The van der Waals surface area contributed by atoms with Crippen molar-refractivity contribution in [2.75, 3.05) is 41.3 Å². The Morgan fingerprint density at radius 3 is 2.37 bits per heavy atom. The Morgan fingerprint density at radius 1 is 1.21 bits per heavy atom. The standard InChI is InChI=1S/C14H28N4O/c1-12-8-6-7-11-18(12)13(19)9-10-15-14(16(2)3)17(4)5/h12H,6-11H2,1-5H3/t12-/m1/s1. The molecule has 1 rings (SSSR count). The van der Waals surface area contributed by atoms with Crippen molar-refractivity contribution < 1.29 is 4.79 Å². The van der Waals surface area contributed by atoms with Gasteiger partial charge in [0.05, 0.1) is 6.54 Å². The van der Waals surface area contributed by atoms with Gasteiger partial charge in [0.2, 0.25) is 5.91 Å². The molecule has 1 atom stereocenters. The number of carbonyl (C=O) groups excluding carboxylic acids is 1. The molecule has 1 aliphatic rings. The van der Waals surface area contributed by atoms with Crippen molar-refractivity contribution in [2.24, 2.45) is 4.99 Å². The molecule has 1 heterocycles. The first-order chi connectivity index (χ1) is 8.93. The Kier molecular flexibility index (Phi) is 6.12. The van der Waals surface area contributed by atoms with E-state index in [4.69, 9.17) is 0 Å². The van der Waals surface area contributed by atoms with Crippen molar-refractivity contribution in [1.82, 2.24) is 14.7 Å². The molecule has 0 aliphatic carbocycles. The number of amides is 1. The van der Waals surface area contributed by atoms with Crippen LogP contribution in [0.4, 0.5) is 0 Å². The number of aliphatic imine (C=N–C) groups is 1. The Morgan fingerprint density at radius 2 is 1.84 bits per heavy atom. The van der Waals surface area contributed by atoms with Crippen LogP contribution in [-0.4, -0.2) is 73.9 Å². The summed E-state index contributed by atoms with van der Waals surface area (Å²) in [4.78, 5) is 22.6. The van der Waals surface area contributed by atoms with Gasteiger partial charge in [0.1, 0.15) is 0 Å². The molecule has 0 unspecified atom stereocenters. The van der Waals surface area contributed by atoms with Crippen molar-refractivity contribution in [3.8, 4) is 0 Å². The summed E-state index contributed by atoms with van der Waals surface area (Å²) in [6.45, 7) is 3.62. The molecule has 1 saturated heterocycles. The summed E-state index contributed by atoms with van der Waals surface area (Å²) in [5, 5.41) is 0. The predicted octanol–water partition coefficient (Wildman–Crippen LogP) is 1.26. The summed E-state index contributed by atoms with van der Waals surface area (Å²) < 4.78 is 0. The van der Waals surface area contributed by atoms with Crippen LogP contribution in [0.5, 0.6) is 0 Å². The minimum Gasteiger partial charge on any atom is -0.349 e. The number of hydrogen-bond acceptors (Lipinski definition) is 2. The SMILES string of the molecule is C[C@@H]1CCCCN1C(=O)CCN=C(N(C)C)N(C)C. The zero-order chi connectivity index (χ0) is 14.4. The highest BCUT2D eigenvalue weighted by atomic mass is 16.2. The molecule has 5 nitrogen and oxygen atoms in total. The lowest BCUT2D eigenvalue weighted by Gasteiger charge is -2.33. The molecular formula is C14H28N4O. The minimum absolute atomic E-state index is 0.243. The molecule has 1 aliphatic heterocycles. The first kappa shape index (κ1) is 15.8. The first-order valence-electron chi connectivity index (χ1n) is 7.12. The molecule has 0 spiro atoms. The van der Waals surface area contributed by atoms with Crippen LogP contribution in [0.3, 0.4) is 0 Å². The number of nitrogens with zero attached hydrogens (tertiary/aromatic N) is 4. The second-order valence-electron chi connectivity index (χ2n) is 5.65. The van der Waals surface area contributed by atoms with Crippen molar-refractivity contribution in [1.29, 1.82) is 0 Å². The first-order valence-corrected chi connectivity index (χ1v) is 7.12. The van der Waals surface area contributed by atoms with Gasteiger partial charge in [-0.25, -0.2) is 0 Å². The topological polar surface area (TPSA) is 39.2 Å². The zero-order valence-corrected chi connectivity index (χ0v) is 13.0. The molecule has 110 valence electrons. The van der Waals surface area contributed by atoms with E-state index in [1.807, 2.05) is 42.9 Å². The fourth-order valence-electron chi connectivity index (χ4n) is 2.55. The summed E-state index contributed by atoms with van der Waals surface area (Å²) in [7, 11) is 7.86. The van der Waals surface area contributed by atoms with Gasteiger partial charge in [0.25, 0.3) is 0 Å². The average molecular weight is 268 g/mol. The Balaban J connectivity index is 2.47. The second-order valence-corrected chi connectivity index (χ2v) is 5.65. The molecule has 5 heteroatoms. The van der Waals surface area contributed by atoms with E-state index in [0.717, 1.165) is 25.3 Å². The van der Waals surface area contributed by atoms with E-state index in [1.165, 1.54) is 6.42 Å². The highest BCUT2D eigenvalue weighted by Crippen LogP contribution is 2.17. The molecule has 1 fully saturated rings. The number of rotatable bonds is 3. The third-order valence-corrected chi connectivity index (χ3v) is 3.50. The van der Waals surface area contributed by atoms with E-state index in [1.54, 1.807) is 0 Å². The maximum atomic E-state index is 12.2. The number of guanidine groups is 1. The molecule has 0 aromatic carbocycles. The van der Waals surface area contributed by atoms with Crippen LogP contribution in [0.25, 0.3) is 0 Å². The van der Waals surface area contributed by atoms with Crippen LogP contribution in [0.15, 0.2) is 4.99 Å². The van der Waals surface area contributed by atoms with Gasteiger partial charge in [0, 0.05) is 47.2 Å². The van der Waals surface area contributed by atoms with E-state index >= 15 is 0 Å². The van der Waals surface area contributed by atoms with Crippen LogP contribution < -0.4 is 0 Å². The van der Waals surface area contributed by atoms with Crippen molar-refractivity contribution >= 4 is 11.9 Å². The lowest BCUT2D eigenvalue weighted by Crippen LogP contribution is -2.42. The molecule has 0 N–H and O–H groups in total. The van der Waals surface area contributed by atoms with Crippen molar-refractivity contribution in [3.05, 3.63) is 0 Å². The monoisotopic (exact) mass is 268 g/mol. The van der Waals surface area contributed by atoms with Crippen LogP contribution >= 0.6 is 0 Å². The molecular weight excluding hydrogens is 240 g/mol. The van der Waals surface area contributed by atoms with Gasteiger partial charge in [-0.05, 0) is 26.2 Å². The molecule has 1 amide bonds. The fourth-order valence-corrected chi connectivity index (χ4v) is 2.55. The summed E-state index contributed by atoms with van der Waals surface area (Å²) in [6, 6.07) is 0.396. The summed E-state index contributed by atoms with van der Waals surface area (Å²) in [5.74, 6) is 1.15. The van der Waals surface area contributed by atoms with Crippen LogP contribution in [-0.2, 0) is 4.79 Å². The molecule has 0 radical (unpaired) electrons. The number of piperidine rings is 1. The predicted molar refractivity (Wildman–Crippen MR) is 79.3 cm³/mol. The molecule has 0 saturated carbocycles. The van der Waals surface area contributed by atoms with E-state index in [2.05, 4.69) is 11.9 Å². The molecule has 0 aromatic rings. The summed E-state index contributed by atoms with van der Waals surface area (Å²) >= 11 is 0. The van der Waals surface area contributed by atoms with Gasteiger partial charge in [0.15, 0.2) is 5.96 Å². The van der Waals surface area contributed by atoms with E-state index in [-0.39, 0.29) is 5.91 Å². The smallest absolute Gasteiger partial charge is 0.224 e. The fraction of sp³-hybridized carbons (Fsp3) is 0.857. The Bertz CT molecular complexity index is 315. The lowest BCUT2D eigenvalue weighted by atomic mass is 10.0. The van der Waals surface area contributed by atoms with Crippen LogP contribution in [0, 0.1) is 0 Å². The lowest BCUT2D eigenvalue weighted by molar-refractivity contribution is -0.134. The summed E-state index contributed by atoms with van der Waals surface area (Å²) in [6.07, 6.45) is 4.03. The van der Waals surface area contributed by atoms with E-state index in [0.29, 0.717) is 19.0 Å². The van der Waals surface area contributed by atoms with Gasteiger partial charge in [-0.2, -0.15) is 0 Å². The third kappa shape index (κ3) is 4.73. The Hall–Kier alpha value is -1.26. The van der Waals surface area contributed by atoms with Crippen molar-refractivity contribution in [3.63, 3.8) is 0 Å². The average Bonchev–Trinajstić information content (AvgIpc) is 2.33. The Labute approximate surface area is 117 Å². The van der Waals surface area contributed by atoms with Gasteiger partial charge in [-0.15, -0.1) is 0 Å². The minimum atomic E-state index is 0.243. The van der Waals surface area contributed by atoms with Gasteiger partial charge in [-0.3, -0.25) is 9.79 Å². The molecule has 0 aromatic heterocycles.